The molecular formula is C33H35N3O3. The second-order valence-corrected chi connectivity index (χ2v) is 13.2. The van der Waals surface area contributed by atoms with Gasteiger partial charge in [0.25, 0.3) is 0 Å². The molecule has 1 amide bonds. The maximum Gasteiger partial charge on any atom is 0.248 e. The van der Waals surface area contributed by atoms with Crippen molar-refractivity contribution in [2.24, 2.45) is 11.1 Å². The molecule has 3 aliphatic heterocycles. The topological polar surface area (TPSA) is 96.4 Å². The van der Waals surface area contributed by atoms with E-state index in [2.05, 4.69) is 52.0 Å². The first-order chi connectivity index (χ1) is 18.3. The predicted molar refractivity (Wildman–Crippen MR) is 150 cm³/mol. The number of amides is 1. The first-order valence-corrected chi connectivity index (χ1v) is 13.7. The number of aryl methyl sites for hydroxylation is 1. The Bertz CT molecular complexity index is 1570. The molecule has 0 fully saturated rings. The van der Waals surface area contributed by atoms with E-state index in [-0.39, 0.29) is 35.0 Å². The average molecular weight is 522 g/mol. The molecule has 6 rings (SSSR count). The van der Waals surface area contributed by atoms with E-state index in [1.165, 1.54) is 5.56 Å². The van der Waals surface area contributed by atoms with E-state index in [9.17, 15) is 10.1 Å². The van der Waals surface area contributed by atoms with Crippen molar-refractivity contribution in [2.45, 2.75) is 83.6 Å². The quantitative estimate of drug-likeness (QED) is 0.548. The number of benzene rings is 2. The van der Waals surface area contributed by atoms with E-state index in [4.69, 9.17) is 10.5 Å². The third kappa shape index (κ3) is 3.13. The summed E-state index contributed by atoms with van der Waals surface area (Å²) in [6.07, 6.45) is 2.14. The number of nitrogens with two attached hydrogens (primary N) is 1. The number of carbonyl (C=O) groups excluding carboxylic acids is 2. The Kier molecular flexibility index (Phi) is 5.12. The van der Waals surface area contributed by atoms with Crippen LogP contribution in [0, 0.1) is 16.7 Å². The first-order valence-electron chi connectivity index (χ1n) is 13.7. The van der Waals surface area contributed by atoms with Crippen LogP contribution < -0.4 is 10.6 Å². The van der Waals surface area contributed by atoms with Gasteiger partial charge in [-0.1, -0.05) is 70.2 Å². The smallest absolute Gasteiger partial charge is 0.248 e. The maximum atomic E-state index is 15.0. The molecule has 2 N–H and O–H groups in total. The highest BCUT2D eigenvalue weighted by molar-refractivity contribution is 6.21. The predicted octanol–water partition coefficient (Wildman–Crippen LogP) is 5.69. The molecule has 0 saturated carbocycles. The van der Waals surface area contributed by atoms with Crippen molar-refractivity contribution < 1.29 is 14.3 Å². The highest BCUT2D eigenvalue weighted by Crippen LogP contribution is 2.63. The first kappa shape index (κ1) is 25.4. The van der Waals surface area contributed by atoms with Crippen LogP contribution in [0.25, 0.3) is 0 Å². The normalized spacial score (nSPS) is 28.3. The molecule has 0 bridgehead atoms. The number of hydrogen-bond acceptors (Lipinski definition) is 5. The summed E-state index contributed by atoms with van der Waals surface area (Å²) < 4.78 is 6.01. The summed E-state index contributed by atoms with van der Waals surface area (Å²) in [5, 5.41) is 10.5. The molecule has 0 saturated heterocycles. The molecule has 0 radical (unpaired) electrons. The van der Waals surface area contributed by atoms with Gasteiger partial charge < -0.3 is 15.4 Å². The van der Waals surface area contributed by atoms with Gasteiger partial charge in [-0.05, 0) is 48.8 Å². The third-order valence-corrected chi connectivity index (χ3v) is 9.30. The molecule has 2 atom stereocenters. The van der Waals surface area contributed by atoms with Crippen LogP contribution in [0.3, 0.4) is 0 Å². The van der Waals surface area contributed by atoms with Gasteiger partial charge in [-0.25, -0.2) is 0 Å². The molecule has 2 unspecified atom stereocenters. The summed E-state index contributed by atoms with van der Waals surface area (Å²) in [6, 6.07) is 16.9. The van der Waals surface area contributed by atoms with Gasteiger partial charge in [-0.15, -0.1) is 0 Å². The van der Waals surface area contributed by atoms with Crippen LogP contribution in [0.5, 0.6) is 0 Å². The Morgan fingerprint density at radius 3 is 2.33 bits per heavy atom. The number of nitriles is 1. The molecule has 1 spiro atoms. The van der Waals surface area contributed by atoms with Crippen LogP contribution in [0.15, 0.2) is 65.3 Å². The number of anilines is 1. The van der Waals surface area contributed by atoms with Crippen LogP contribution >= 0.6 is 0 Å². The molecule has 200 valence electrons. The Balaban J connectivity index is 1.77. The Morgan fingerprint density at radius 1 is 1.03 bits per heavy atom. The summed E-state index contributed by atoms with van der Waals surface area (Å²) in [4.78, 5) is 30.9. The van der Waals surface area contributed by atoms with E-state index >= 15 is 4.79 Å². The van der Waals surface area contributed by atoms with Gasteiger partial charge >= 0.3 is 0 Å². The van der Waals surface area contributed by atoms with Crippen molar-refractivity contribution in [3.63, 3.8) is 0 Å². The molecule has 6 nitrogen and oxygen atoms in total. The van der Waals surface area contributed by atoms with Crippen molar-refractivity contribution in [3.8, 4) is 6.07 Å². The molecular weight excluding hydrogens is 486 g/mol. The number of rotatable bonds is 2. The van der Waals surface area contributed by atoms with Crippen molar-refractivity contribution in [2.75, 3.05) is 4.90 Å². The number of allylic oxidation sites excluding steroid dienone is 1. The Hall–Kier alpha value is -3.85. The highest BCUT2D eigenvalue weighted by atomic mass is 16.5. The van der Waals surface area contributed by atoms with Crippen LogP contribution in [0.4, 0.5) is 5.69 Å². The number of fused-ring (bicyclic) bond motifs is 2. The summed E-state index contributed by atoms with van der Waals surface area (Å²) in [5.74, 6) is -0.112. The monoisotopic (exact) mass is 521 g/mol. The van der Waals surface area contributed by atoms with E-state index in [1.54, 1.807) is 0 Å². The SMILES string of the molecule is CCc1cc2c3c(c1)C(C)(c1ccccc1)CC(C)(C)N3C(=O)C21C(C#N)=C(N)OC2=C1C(=O)CC(C)(C)C2. The minimum Gasteiger partial charge on any atom is -0.444 e. The fraction of sp³-hybridized carbons (Fsp3) is 0.424. The lowest BCUT2D eigenvalue weighted by Crippen LogP contribution is -2.58. The van der Waals surface area contributed by atoms with Crippen molar-refractivity contribution in [3.05, 3.63) is 87.5 Å². The van der Waals surface area contributed by atoms with E-state index < -0.39 is 16.4 Å². The number of Topliss-reactive ketones (excluding diaryl/α,β-unsaturated/α-hetero) is 1. The lowest BCUT2D eigenvalue weighted by molar-refractivity contribution is -0.126. The molecule has 2 aromatic carbocycles. The lowest BCUT2D eigenvalue weighted by atomic mass is 9.61. The van der Waals surface area contributed by atoms with Crippen molar-refractivity contribution >= 4 is 17.4 Å². The molecule has 3 heterocycles. The van der Waals surface area contributed by atoms with Gasteiger partial charge in [-0.3, -0.25) is 9.59 Å². The largest absolute Gasteiger partial charge is 0.444 e. The standard InChI is InChI=1S/C33H35N3O3/c1-7-19-13-21-27-22(14-19)33(23(17-34)28(35)39-25-16-30(2,3)15-24(37)26(25)33)29(38)36(27)31(4,5)18-32(21,6)20-11-9-8-10-12-20/h8-14H,7,15-16,18,35H2,1-6H3. The molecule has 6 heteroatoms. The summed E-state index contributed by atoms with van der Waals surface area (Å²) in [5.41, 5.74) is 8.52. The zero-order chi connectivity index (χ0) is 28.1. The molecule has 2 aromatic rings. The highest BCUT2D eigenvalue weighted by Gasteiger charge is 2.67. The van der Waals surface area contributed by atoms with E-state index in [1.807, 2.05) is 43.0 Å². The summed E-state index contributed by atoms with van der Waals surface area (Å²) >= 11 is 0. The molecule has 1 aliphatic carbocycles. The number of ketones is 1. The van der Waals surface area contributed by atoms with Gasteiger partial charge in [0.05, 0.1) is 11.3 Å². The summed E-state index contributed by atoms with van der Waals surface area (Å²) in [6.45, 7) is 12.5. The fourth-order valence-corrected chi connectivity index (χ4v) is 7.80. The van der Waals surface area contributed by atoms with Crippen LogP contribution in [-0.4, -0.2) is 17.2 Å². The van der Waals surface area contributed by atoms with E-state index in [0.29, 0.717) is 29.7 Å². The zero-order valence-corrected chi connectivity index (χ0v) is 23.6. The molecule has 4 aliphatic rings. The molecule has 39 heavy (non-hydrogen) atoms. The Morgan fingerprint density at radius 2 is 1.69 bits per heavy atom. The number of ether oxygens (including phenoxy) is 1. The second kappa shape index (κ2) is 7.85. The minimum absolute atomic E-state index is 0.0152. The van der Waals surface area contributed by atoms with Crippen LogP contribution in [0.1, 0.15) is 83.1 Å². The lowest BCUT2D eigenvalue weighted by Gasteiger charge is -2.50. The number of nitrogens with zero attached hydrogens (tertiary/aromatic N) is 2. The molecule has 0 aromatic heterocycles. The van der Waals surface area contributed by atoms with Crippen molar-refractivity contribution in [1.82, 2.24) is 0 Å². The third-order valence-electron chi connectivity index (χ3n) is 9.30. The van der Waals surface area contributed by atoms with Gasteiger partial charge in [0, 0.05) is 29.4 Å². The van der Waals surface area contributed by atoms with Gasteiger partial charge in [0.1, 0.15) is 22.8 Å². The van der Waals surface area contributed by atoms with Gasteiger partial charge in [0.2, 0.25) is 11.8 Å². The van der Waals surface area contributed by atoms with Crippen LogP contribution in [0.2, 0.25) is 0 Å². The minimum atomic E-state index is -1.62. The number of carbonyl (C=O) groups is 2. The van der Waals surface area contributed by atoms with Crippen molar-refractivity contribution in [1.29, 1.82) is 5.26 Å². The maximum absolute atomic E-state index is 15.0. The summed E-state index contributed by atoms with van der Waals surface area (Å²) in [7, 11) is 0. The van der Waals surface area contributed by atoms with Crippen LogP contribution in [-0.2, 0) is 31.6 Å². The zero-order valence-electron chi connectivity index (χ0n) is 23.6. The average Bonchev–Trinajstić information content (AvgIpc) is 3.11. The van der Waals surface area contributed by atoms with Gasteiger partial charge in [-0.2, -0.15) is 5.26 Å². The van der Waals surface area contributed by atoms with Gasteiger partial charge in [0.15, 0.2) is 5.78 Å². The number of hydrogen-bond donors (Lipinski definition) is 1. The fourth-order valence-electron chi connectivity index (χ4n) is 7.80. The Labute approximate surface area is 230 Å². The van der Waals surface area contributed by atoms with E-state index in [0.717, 1.165) is 23.2 Å². The second-order valence-electron chi connectivity index (χ2n) is 13.2.